The number of carbonyl (C=O) groups excluding carboxylic acids is 3. The number of fused-ring (bicyclic) bond motifs is 1. The molecule has 0 radical (unpaired) electrons. The van der Waals surface area contributed by atoms with Crippen LogP contribution in [0.15, 0.2) is 48.5 Å². The number of hydrogen-bond donors (Lipinski definition) is 3. The summed E-state index contributed by atoms with van der Waals surface area (Å²) >= 11 is 0. The van der Waals surface area contributed by atoms with Crippen LogP contribution in [0.5, 0.6) is 11.5 Å². The van der Waals surface area contributed by atoms with Crippen LogP contribution < -0.4 is 20.1 Å². The summed E-state index contributed by atoms with van der Waals surface area (Å²) in [5.74, 6) is 0.472. The second-order valence-electron chi connectivity index (χ2n) is 7.06. The molecule has 10 nitrogen and oxygen atoms in total. The third kappa shape index (κ3) is 4.24. The Balaban J connectivity index is 1.43. The number of amides is 4. The van der Waals surface area contributed by atoms with E-state index in [9.17, 15) is 14.4 Å². The minimum atomic E-state index is -0.535. The normalized spacial score (nSPS) is 12.1. The zero-order valence-corrected chi connectivity index (χ0v) is 17.5. The molecule has 0 bridgehead atoms. The molecular weight excluding hydrogens is 414 g/mol. The number of hydrogen-bond acceptors (Lipinski definition) is 6. The highest BCUT2D eigenvalue weighted by Gasteiger charge is 2.30. The van der Waals surface area contributed by atoms with Crippen molar-refractivity contribution in [1.29, 1.82) is 0 Å². The Kier molecular flexibility index (Phi) is 5.75. The van der Waals surface area contributed by atoms with Crippen molar-refractivity contribution in [2.45, 2.75) is 13.1 Å². The van der Waals surface area contributed by atoms with Crippen LogP contribution in [0.25, 0.3) is 0 Å². The maximum Gasteiger partial charge on any atom is 0.324 e. The Morgan fingerprint density at radius 3 is 2.28 bits per heavy atom. The van der Waals surface area contributed by atoms with E-state index in [4.69, 9.17) is 9.47 Å². The van der Waals surface area contributed by atoms with Gasteiger partial charge in [-0.05, 0) is 24.3 Å². The van der Waals surface area contributed by atoms with Gasteiger partial charge in [0, 0.05) is 22.8 Å². The van der Waals surface area contributed by atoms with Crippen LogP contribution in [0.2, 0.25) is 0 Å². The van der Waals surface area contributed by atoms with E-state index in [1.165, 1.54) is 19.1 Å². The quantitative estimate of drug-likeness (QED) is 0.566. The monoisotopic (exact) mass is 435 g/mol. The molecule has 10 heteroatoms. The summed E-state index contributed by atoms with van der Waals surface area (Å²) in [6.45, 7) is 0.402. The fourth-order valence-corrected chi connectivity index (χ4v) is 3.34. The maximum atomic E-state index is 12.8. The average molecular weight is 435 g/mol. The summed E-state index contributed by atoms with van der Waals surface area (Å²) in [7, 11) is 3.00. The molecule has 0 spiro atoms. The lowest BCUT2D eigenvalue weighted by Crippen LogP contribution is -2.40. The SMILES string of the molecule is COc1cc(OC)cc(C(=O)Nc2[nH]nc3c2CN(C(=O)NC(=O)c2ccccc2)C3)c1. The minimum absolute atomic E-state index is 0.191. The summed E-state index contributed by atoms with van der Waals surface area (Å²) in [6, 6.07) is 12.8. The number of methoxy groups -OCH3 is 2. The predicted octanol–water partition coefficient (Wildman–Crippen LogP) is 2.54. The zero-order chi connectivity index (χ0) is 22.7. The summed E-state index contributed by atoms with van der Waals surface area (Å²) in [5, 5.41) is 12.1. The van der Waals surface area contributed by atoms with Crippen LogP contribution in [-0.4, -0.2) is 47.2 Å². The number of H-pyrrole nitrogens is 1. The fraction of sp³-hybridized carbons (Fsp3) is 0.182. The first kappa shape index (κ1) is 20.9. The maximum absolute atomic E-state index is 12.8. The van der Waals surface area contributed by atoms with Crippen molar-refractivity contribution in [2.75, 3.05) is 19.5 Å². The molecule has 3 N–H and O–H groups in total. The van der Waals surface area contributed by atoms with E-state index in [0.29, 0.717) is 39.7 Å². The molecule has 0 unspecified atom stereocenters. The van der Waals surface area contributed by atoms with Gasteiger partial charge in [0.25, 0.3) is 11.8 Å². The van der Waals surface area contributed by atoms with Crippen LogP contribution in [0.1, 0.15) is 32.0 Å². The van der Waals surface area contributed by atoms with Gasteiger partial charge in [-0.3, -0.25) is 20.0 Å². The van der Waals surface area contributed by atoms with Gasteiger partial charge in [0.1, 0.15) is 17.3 Å². The third-order valence-electron chi connectivity index (χ3n) is 5.04. The van der Waals surface area contributed by atoms with Crippen LogP contribution in [-0.2, 0) is 13.1 Å². The number of aromatic amines is 1. The molecule has 1 aliphatic rings. The molecule has 164 valence electrons. The topological polar surface area (TPSA) is 126 Å². The molecule has 2 heterocycles. The first-order chi connectivity index (χ1) is 15.5. The number of aromatic nitrogens is 2. The third-order valence-corrected chi connectivity index (χ3v) is 5.04. The Bertz CT molecular complexity index is 1150. The molecule has 0 fully saturated rings. The molecule has 2 aromatic carbocycles. The van der Waals surface area contributed by atoms with Crippen molar-refractivity contribution in [3.05, 3.63) is 70.9 Å². The van der Waals surface area contributed by atoms with Gasteiger partial charge < -0.3 is 19.7 Å². The van der Waals surface area contributed by atoms with Gasteiger partial charge in [0.05, 0.1) is 33.0 Å². The summed E-state index contributed by atoms with van der Waals surface area (Å²) in [4.78, 5) is 39.0. The second kappa shape index (κ2) is 8.80. The van der Waals surface area contributed by atoms with Crippen molar-refractivity contribution >= 4 is 23.7 Å². The minimum Gasteiger partial charge on any atom is -0.497 e. The van der Waals surface area contributed by atoms with Gasteiger partial charge in [-0.25, -0.2) is 4.79 Å². The number of anilines is 1. The standard InChI is InChI=1S/C22H21N5O5/c1-31-15-8-14(9-16(10-15)32-2)21(29)23-19-17-11-27(12-18(17)25-26-19)22(30)24-20(28)13-6-4-3-5-7-13/h3-10H,11-12H2,1-2H3,(H,24,28,30)(H2,23,25,26,29). The first-order valence-electron chi connectivity index (χ1n) is 9.74. The molecule has 0 saturated carbocycles. The van der Waals surface area contributed by atoms with Gasteiger partial charge in [-0.1, -0.05) is 18.2 Å². The largest absolute Gasteiger partial charge is 0.497 e. The van der Waals surface area contributed by atoms with Gasteiger partial charge in [0.15, 0.2) is 0 Å². The molecule has 3 aromatic rings. The van der Waals surface area contributed by atoms with Crippen LogP contribution in [0, 0.1) is 0 Å². The van der Waals surface area contributed by atoms with E-state index in [-0.39, 0.29) is 13.1 Å². The number of benzene rings is 2. The van der Waals surface area contributed by atoms with E-state index < -0.39 is 17.8 Å². The Labute approximate surface area is 183 Å². The fourth-order valence-electron chi connectivity index (χ4n) is 3.34. The summed E-state index contributed by atoms with van der Waals surface area (Å²) in [6.07, 6.45) is 0. The zero-order valence-electron chi connectivity index (χ0n) is 17.5. The van der Waals surface area contributed by atoms with Crippen molar-refractivity contribution in [2.24, 2.45) is 0 Å². The first-order valence-corrected chi connectivity index (χ1v) is 9.74. The molecule has 0 saturated heterocycles. The number of imide groups is 1. The number of nitrogens with zero attached hydrogens (tertiary/aromatic N) is 2. The highest BCUT2D eigenvalue weighted by molar-refractivity contribution is 6.05. The highest BCUT2D eigenvalue weighted by Crippen LogP contribution is 2.28. The van der Waals surface area contributed by atoms with E-state index in [1.54, 1.807) is 48.5 Å². The molecule has 0 aliphatic carbocycles. The smallest absolute Gasteiger partial charge is 0.324 e. The lowest BCUT2D eigenvalue weighted by molar-refractivity contribution is 0.0950. The van der Waals surface area contributed by atoms with Crippen molar-refractivity contribution in [1.82, 2.24) is 20.4 Å². The summed E-state index contributed by atoms with van der Waals surface area (Å²) < 4.78 is 10.4. The second-order valence-corrected chi connectivity index (χ2v) is 7.06. The Morgan fingerprint density at radius 2 is 1.62 bits per heavy atom. The average Bonchev–Trinajstić information content (AvgIpc) is 3.41. The van der Waals surface area contributed by atoms with Gasteiger partial charge in [0.2, 0.25) is 0 Å². The molecule has 1 aromatic heterocycles. The van der Waals surface area contributed by atoms with Crippen molar-refractivity contribution < 1.29 is 23.9 Å². The summed E-state index contributed by atoms with van der Waals surface area (Å²) in [5.41, 5.74) is 2.02. The number of carbonyl (C=O) groups is 3. The molecule has 4 amide bonds. The van der Waals surface area contributed by atoms with E-state index in [1.807, 2.05) is 0 Å². The van der Waals surface area contributed by atoms with Crippen molar-refractivity contribution in [3.8, 4) is 11.5 Å². The van der Waals surface area contributed by atoms with Crippen molar-refractivity contribution in [3.63, 3.8) is 0 Å². The number of rotatable bonds is 5. The van der Waals surface area contributed by atoms with Crippen LogP contribution in [0.4, 0.5) is 10.6 Å². The predicted molar refractivity (Wildman–Crippen MR) is 115 cm³/mol. The van der Waals surface area contributed by atoms with Gasteiger partial charge in [-0.2, -0.15) is 5.10 Å². The van der Waals surface area contributed by atoms with E-state index in [0.717, 1.165) is 0 Å². The molecule has 0 atom stereocenters. The number of urea groups is 1. The molecule has 1 aliphatic heterocycles. The highest BCUT2D eigenvalue weighted by atomic mass is 16.5. The lowest BCUT2D eigenvalue weighted by atomic mass is 10.2. The lowest BCUT2D eigenvalue weighted by Gasteiger charge is -2.16. The Hall–Kier alpha value is -4.34. The van der Waals surface area contributed by atoms with Gasteiger partial charge >= 0.3 is 6.03 Å². The van der Waals surface area contributed by atoms with Gasteiger partial charge in [-0.15, -0.1) is 0 Å². The van der Waals surface area contributed by atoms with E-state index >= 15 is 0 Å². The van der Waals surface area contributed by atoms with E-state index in [2.05, 4.69) is 20.8 Å². The van der Waals surface area contributed by atoms with Crippen LogP contribution in [0.3, 0.4) is 0 Å². The van der Waals surface area contributed by atoms with Crippen LogP contribution >= 0.6 is 0 Å². The number of nitrogens with one attached hydrogen (secondary N) is 3. The number of ether oxygens (including phenoxy) is 2. The molecule has 4 rings (SSSR count). The molecular formula is C22H21N5O5. The Morgan fingerprint density at radius 1 is 0.938 bits per heavy atom. The molecule has 32 heavy (non-hydrogen) atoms.